The van der Waals surface area contributed by atoms with E-state index in [1.165, 1.54) is 16.9 Å². The largest absolute Gasteiger partial charge is 0.490 e. The third kappa shape index (κ3) is 6.47. The van der Waals surface area contributed by atoms with Crippen molar-refractivity contribution in [3.05, 3.63) is 59.7 Å². The molecule has 0 saturated heterocycles. The Morgan fingerprint density at radius 3 is 2.57 bits per heavy atom. The Balaban J connectivity index is 1.52. The fourth-order valence-electron chi connectivity index (χ4n) is 2.76. The van der Waals surface area contributed by atoms with Gasteiger partial charge in [-0.15, -0.1) is 10.2 Å². The summed E-state index contributed by atoms with van der Waals surface area (Å²) in [5, 5.41) is 11.5. The first kappa shape index (κ1) is 22.1. The van der Waals surface area contributed by atoms with Crippen LogP contribution in [0, 0.1) is 0 Å². The second-order valence-electron chi connectivity index (χ2n) is 6.29. The first-order valence-electron chi connectivity index (χ1n) is 9.90. The molecule has 3 rings (SSSR count). The zero-order valence-corrected chi connectivity index (χ0v) is 18.7. The van der Waals surface area contributed by atoms with Crippen molar-refractivity contribution in [2.45, 2.75) is 31.0 Å². The van der Waals surface area contributed by atoms with E-state index >= 15 is 0 Å². The summed E-state index contributed by atoms with van der Waals surface area (Å²) < 4.78 is 12.0. The van der Waals surface area contributed by atoms with E-state index in [4.69, 9.17) is 9.47 Å². The molecule has 30 heavy (non-hydrogen) atoms. The number of rotatable bonds is 11. The van der Waals surface area contributed by atoms with Gasteiger partial charge in [-0.2, -0.15) is 0 Å². The van der Waals surface area contributed by atoms with Crippen LogP contribution in [0.1, 0.15) is 36.2 Å². The minimum Gasteiger partial charge on any atom is -0.490 e. The average molecular weight is 444 g/mol. The van der Waals surface area contributed by atoms with Crippen molar-refractivity contribution >= 4 is 34.1 Å². The molecule has 1 amide bonds. The van der Waals surface area contributed by atoms with Gasteiger partial charge in [-0.05, 0) is 50.5 Å². The van der Waals surface area contributed by atoms with Crippen LogP contribution in [0.3, 0.4) is 0 Å². The van der Waals surface area contributed by atoms with Crippen molar-refractivity contribution in [3.63, 3.8) is 0 Å². The van der Waals surface area contributed by atoms with Crippen molar-refractivity contribution in [3.8, 4) is 11.5 Å². The fourth-order valence-corrected chi connectivity index (χ4v) is 4.52. The fraction of sp³-hybridized carbons (Fsp3) is 0.318. The van der Waals surface area contributed by atoms with Crippen molar-refractivity contribution in [2.75, 3.05) is 24.3 Å². The Bertz CT molecular complexity index is 948. The summed E-state index contributed by atoms with van der Waals surface area (Å²) in [5.41, 5.74) is 1.82. The molecule has 158 valence electrons. The minimum absolute atomic E-state index is 0.254. The van der Waals surface area contributed by atoms with Gasteiger partial charge in [0.2, 0.25) is 5.13 Å². The van der Waals surface area contributed by atoms with Crippen LogP contribution >= 0.6 is 23.1 Å². The number of carbonyl (C=O) groups is 1. The van der Waals surface area contributed by atoms with E-state index in [0.717, 1.165) is 22.9 Å². The summed E-state index contributed by atoms with van der Waals surface area (Å²) in [6, 6.07) is 15.6. The Kier molecular flexibility index (Phi) is 8.53. The molecule has 8 heteroatoms. The van der Waals surface area contributed by atoms with E-state index in [1.807, 2.05) is 19.9 Å². The first-order chi connectivity index (χ1) is 14.7. The van der Waals surface area contributed by atoms with Crippen LogP contribution in [0.5, 0.6) is 11.5 Å². The lowest BCUT2D eigenvalue weighted by Gasteiger charge is -2.12. The molecule has 0 aliphatic rings. The van der Waals surface area contributed by atoms with Gasteiger partial charge in [-0.3, -0.25) is 10.1 Å². The Hall–Kier alpha value is -2.58. The van der Waals surface area contributed by atoms with Crippen LogP contribution in [0.25, 0.3) is 0 Å². The second kappa shape index (κ2) is 11.6. The maximum absolute atomic E-state index is 12.6. The van der Waals surface area contributed by atoms with Crippen LogP contribution in [0.15, 0.2) is 52.9 Å². The maximum Gasteiger partial charge on any atom is 0.257 e. The van der Waals surface area contributed by atoms with Crippen LogP contribution in [-0.2, 0) is 6.42 Å². The maximum atomic E-state index is 12.6. The molecule has 0 radical (unpaired) electrons. The second-order valence-corrected chi connectivity index (χ2v) is 8.61. The van der Waals surface area contributed by atoms with Gasteiger partial charge in [-0.1, -0.05) is 53.4 Å². The number of nitrogens with one attached hydrogen (secondary N) is 1. The normalized spacial score (nSPS) is 10.6. The summed E-state index contributed by atoms with van der Waals surface area (Å²) in [7, 11) is 0. The molecule has 6 nitrogen and oxygen atoms in total. The Labute approximate surface area is 185 Å². The minimum atomic E-state index is -0.254. The molecule has 0 unspecified atom stereocenters. The average Bonchev–Trinajstić information content (AvgIpc) is 3.20. The van der Waals surface area contributed by atoms with Crippen molar-refractivity contribution < 1.29 is 14.3 Å². The van der Waals surface area contributed by atoms with Gasteiger partial charge in [0.25, 0.3) is 5.91 Å². The summed E-state index contributed by atoms with van der Waals surface area (Å²) >= 11 is 3.04. The zero-order valence-electron chi connectivity index (χ0n) is 17.1. The first-order valence-corrected chi connectivity index (χ1v) is 11.7. The topological polar surface area (TPSA) is 73.3 Å². The molecule has 1 aromatic heterocycles. The van der Waals surface area contributed by atoms with Gasteiger partial charge in [0, 0.05) is 11.3 Å². The number of aryl methyl sites for hydroxylation is 1. The number of thioether (sulfide) groups is 1. The summed E-state index contributed by atoms with van der Waals surface area (Å²) in [6.07, 6.45) is 2.10. The number of hydrogen-bond donors (Lipinski definition) is 1. The van der Waals surface area contributed by atoms with Gasteiger partial charge in [-0.25, -0.2) is 0 Å². The van der Waals surface area contributed by atoms with E-state index < -0.39 is 0 Å². The highest BCUT2D eigenvalue weighted by atomic mass is 32.2. The zero-order chi connectivity index (χ0) is 21.2. The van der Waals surface area contributed by atoms with E-state index in [9.17, 15) is 4.79 Å². The van der Waals surface area contributed by atoms with Gasteiger partial charge in [0.1, 0.15) is 0 Å². The molecular weight excluding hydrogens is 418 g/mol. The third-order valence-electron chi connectivity index (χ3n) is 4.11. The van der Waals surface area contributed by atoms with E-state index in [2.05, 4.69) is 39.8 Å². The number of carbonyl (C=O) groups excluding carboxylic acids is 1. The predicted molar refractivity (Wildman–Crippen MR) is 122 cm³/mol. The predicted octanol–water partition coefficient (Wildman–Crippen LogP) is 5.31. The molecule has 0 aliphatic carbocycles. The van der Waals surface area contributed by atoms with Gasteiger partial charge in [0.15, 0.2) is 15.8 Å². The smallest absolute Gasteiger partial charge is 0.257 e. The van der Waals surface area contributed by atoms with Crippen molar-refractivity contribution in [2.24, 2.45) is 0 Å². The lowest BCUT2D eigenvalue weighted by atomic mass is 10.1. The molecule has 0 bridgehead atoms. The summed E-state index contributed by atoms with van der Waals surface area (Å²) in [4.78, 5) is 12.6. The molecule has 0 saturated carbocycles. The van der Waals surface area contributed by atoms with Gasteiger partial charge in [0.05, 0.1) is 13.2 Å². The third-order valence-corrected chi connectivity index (χ3v) is 6.17. The highest BCUT2D eigenvalue weighted by Gasteiger charge is 2.14. The van der Waals surface area contributed by atoms with Crippen LogP contribution in [0.4, 0.5) is 5.13 Å². The van der Waals surface area contributed by atoms with Gasteiger partial charge < -0.3 is 9.47 Å². The molecule has 0 spiro atoms. The van der Waals surface area contributed by atoms with E-state index in [0.29, 0.717) is 35.4 Å². The number of benzene rings is 2. The Morgan fingerprint density at radius 1 is 1.03 bits per heavy atom. The number of hydrogen-bond acceptors (Lipinski definition) is 7. The Morgan fingerprint density at radius 2 is 1.80 bits per heavy atom. The summed E-state index contributed by atoms with van der Waals surface area (Å²) in [5.74, 6) is 1.88. The van der Waals surface area contributed by atoms with Gasteiger partial charge >= 0.3 is 0 Å². The lowest BCUT2D eigenvalue weighted by molar-refractivity contribution is 0.102. The molecule has 0 atom stereocenters. The van der Waals surface area contributed by atoms with Crippen molar-refractivity contribution in [1.82, 2.24) is 10.2 Å². The quantitative estimate of drug-likeness (QED) is 0.246. The molecule has 1 heterocycles. The lowest BCUT2D eigenvalue weighted by Crippen LogP contribution is -2.12. The molecular formula is C22H25N3O3S2. The van der Waals surface area contributed by atoms with E-state index in [-0.39, 0.29) is 5.91 Å². The highest BCUT2D eigenvalue weighted by molar-refractivity contribution is 8.01. The van der Waals surface area contributed by atoms with Crippen molar-refractivity contribution in [1.29, 1.82) is 0 Å². The van der Waals surface area contributed by atoms with Crippen LogP contribution in [-0.4, -0.2) is 35.1 Å². The number of amides is 1. The molecule has 0 fully saturated rings. The standard InChI is InChI=1S/C22H25N3O3S2/c1-3-27-18-13-12-17(15-19(18)28-4-2)20(26)23-21-24-25-22(30-21)29-14-8-11-16-9-6-5-7-10-16/h5-7,9-10,12-13,15H,3-4,8,11,14H2,1-2H3,(H,23,24,26). The number of anilines is 1. The SMILES string of the molecule is CCOc1ccc(C(=O)Nc2nnc(SCCCc3ccccc3)s2)cc1OCC. The highest BCUT2D eigenvalue weighted by Crippen LogP contribution is 2.30. The molecule has 3 aromatic rings. The monoisotopic (exact) mass is 443 g/mol. The molecule has 2 aromatic carbocycles. The number of aromatic nitrogens is 2. The van der Waals surface area contributed by atoms with Crippen LogP contribution in [0.2, 0.25) is 0 Å². The number of nitrogens with zero attached hydrogens (tertiary/aromatic N) is 2. The molecule has 1 N–H and O–H groups in total. The van der Waals surface area contributed by atoms with Crippen LogP contribution < -0.4 is 14.8 Å². The molecule has 0 aliphatic heterocycles. The van der Waals surface area contributed by atoms with E-state index in [1.54, 1.807) is 30.0 Å². The number of ether oxygens (including phenoxy) is 2. The summed E-state index contributed by atoms with van der Waals surface area (Å²) in [6.45, 7) is 4.82.